The molecule has 3 rings (SSSR count). The first-order valence-corrected chi connectivity index (χ1v) is 9.45. The normalized spacial score (nSPS) is 10.5. The van der Waals surface area contributed by atoms with Crippen LogP contribution in [0.1, 0.15) is 31.8 Å². The number of carbonyl (C=O) groups excluding carboxylic acids is 2. The maximum Gasteiger partial charge on any atom is 0.338 e. The molecule has 0 amide bonds. The molecule has 0 aliphatic rings. The van der Waals surface area contributed by atoms with Crippen molar-refractivity contribution >= 4 is 11.9 Å². The highest BCUT2D eigenvalue weighted by molar-refractivity contribution is 5.93. The van der Waals surface area contributed by atoms with E-state index in [4.69, 9.17) is 9.47 Å². The first kappa shape index (κ1) is 21.2. The second-order valence-electron chi connectivity index (χ2n) is 6.53. The highest BCUT2D eigenvalue weighted by Crippen LogP contribution is 2.11. The highest BCUT2D eigenvalue weighted by atomic mass is 19.1. The van der Waals surface area contributed by atoms with E-state index in [1.165, 1.54) is 36.4 Å². The van der Waals surface area contributed by atoms with Gasteiger partial charge in [0.15, 0.2) is 0 Å². The number of rotatable bonds is 8. The van der Waals surface area contributed by atoms with Crippen molar-refractivity contribution in [3.63, 3.8) is 0 Å². The molecule has 6 heteroatoms. The molecular formula is C24H20F2O4. The van der Waals surface area contributed by atoms with E-state index in [1.54, 1.807) is 36.4 Å². The Labute approximate surface area is 173 Å². The van der Waals surface area contributed by atoms with Gasteiger partial charge in [0.25, 0.3) is 0 Å². The zero-order chi connectivity index (χ0) is 21.3. The van der Waals surface area contributed by atoms with Crippen molar-refractivity contribution < 1.29 is 27.8 Å². The van der Waals surface area contributed by atoms with Crippen LogP contribution in [0.2, 0.25) is 0 Å². The summed E-state index contributed by atoms with van der Waals surface area (Å²) >= 11 is 0. The Bertz CT molecular complexity index is 933. The van der Waals surface area contributed by atoms with Crippen LogP contribution < -0.4 is 0 Å². The molecule has 0 N–H and O–H groups in total. The first-order chi connectivity index (χ1) is 14.5. The minimum Gasteiger partial charge on any atom is -0.462 e. The number of esters is 2. The third-order valence-electron chi connectivity index (χ3n) is 4.48. The molecule has 0 heterocycles. The van der Waals surface area contributed by atoms with Gasteiger partial charge in [0.2, 0.25) is 0 Å². The fourth-order valence-corrected chi connectivity index (χ4v) is 2.82. The summed E-state index contributed by atoms with van der Waals surface area (Å²) in [6, 6.07) is 18.4. The smallest absolute Gasteiger partial charge is 0.338 e. The Hall–Kier alpha value is -3.54. The molecule has 0 radical (unpaired) electrons. The van der Waals surface area contributed by atoms with Crippen LogP contribution in [0.15, 0.2) is 72.8 Å². The van der Waals surface area contributed by atoms with Gasteiger partial charge in [-0.2, -0.15) is 0 Å². The average Bonchev–Trinajstić information content (AvgIpc) is 2.76. The Balaban J connectivity index is 1.46. The topological polar surface area (TPSA) is 52.6 Å². The zero-order valence-electron chi connectivity index (χ0n) is 16.1. The molecule has 0 aliphatic heterocycles. The molecule has 154 valence electrons. The van der Waals surface area contributed by atoms with Crippen LogP contribution in [0.5, 0.6) is 0 Å². The van der Waals surface area contributed by atoms with Crippen LogP contribution in [-0.4, -0.2) is 25.2 Å². The molecule has 0 aliphatic carbocycles. The van der Waals surface area contributed by atoms with E-state index in [9.17, 15) is 18.4 Å². The fraction of sp³-hybridized carbons (Fsp3) is 0.167. The van der Waals surface area contributed by atoms with E-state index in [0.717, 1.165) is 0 Å². The van der Waals surface area contributed by atoms with Crippen molar-refractivity contribution in [1.29, 1.82) is 0 Å². The quantitative estimate of drug-likeness (QED) is 0.503. The summed E-state index contributed by atoms with van der Waals surface area (Å²) in [6.07, 6.45) is 0.537. The molecule has 0 unspecified atom stereocenters. The van der Waals surface area contributed by atoms with Gasteiger partial charge >= 0.3 is 11.9 Å². The lowest BCUT2D eigenvalue weighted by molar-refractivity contribution is 0.0494. The molecule has 3 aromatic carbocycles. The van der Waals surface area contributed by atoms with E-state index in [0.29, 0.717) is 11.1 Å². The third-order valence-corrected chi connectivity index (χ3v) is 4.48. The van der Waals surface area contributed by atoms with Crippen LogP contribution in [0.25, 0.3) is 0 Å². The molecule has 0 saturated carbocycles. The summed E-state index contributed by atoms with van der Waals surface area (Å²) in [5.74, 6) is -1.81. The largest absolute Gasteiger partial charge is 0.462 e. The maximum absolute atomic E-state index is 13.6. The van der Waals surface area contributed by atoms with E-state index in [1.807, 2.05) is 0 Å². The molecule has 0 atom stereocenters. The minimum absolute atomic E-state index is 0.0413. The van der Waals surface area contributed by atoms with Crippen molar-refractivity contribution in [2.24, 2.45) is 0 Å². The van der Waals surface area contributed by atoms with E-state index in [2.05, 4.69) is 0 Å². The lowest BCUT2D eigenvalue weighted by atomic mass is 10.1. The van der Waals surface area contributed by atoms with Gasteiger partial charge in [0.05, 0.1) is 24.3 Å². The molecule has 0 bridgehead atoms. The van der Waals surface area contributed by atoms with Gasteiger partial charge in [-0.05, 0) is 47.5 Å². The van der Waals surface area contributed by atoms with Gasteiger partial charge in [-0.15, -0.1) is 0 Å². The highest BCUT2D eigenvalue weighted by Gasteiger charge is 2.12. The van der Waals surface area contributed by atoms with Gasteiger partial charge in [-0.1, -0.05) is 36.4 Å². The third kappa shape index (κ3) is 5.73. The fourth-order valence-electron chi connectivity index (χ4n) is 2.82. The van der Waals surface area contributed by atoms with Crippen molar-refractivity contribution in [3.05, 3.63) is 107 Å². The van der Waals surface area contributed by atoms with Gasteiger partial charge in [-0.3, -0.25) is 0 Å². The SMILES string of the molecule is O=C(OCCc1ccccc1F)c1ccc(C(=O)OCCc2ccccc2F)cc1. The Morgan fingerprint density at radius 2 is 0.967 bits per heavy atom. The van der Waals surface area contributed by atoms with E-state index in [-0.39, 0.29) is 48.8 Å². The number of ether oxygens (including phenoxy) is 2. The van der Waals surface area contributed by atoms with Crippen LogP contribution in [0, 0.1) is 11.6 Å². The van der Waals surface area contributed by atoms with Crippen LogP contribution in [0.3, 0.4) is 0 Å². The maximum atomic E-state index is 13.6. The molecule has 0 aromatic heterocycles. The Kier molecular flexibility index (Phi) is 7.27. The van der Waals surface area contributed by atoms with E-state index < -0.39 is 11.9 Å². The molecule has 3 aromatic rings. The van der Waals surface area contributed by atoms with Gasteiger partial charge in [-0.25, -0.2) is 18.4 Å². The monoisotopic (exact) mass is 410 g/mol. The molecule has 0 saturated heterocycles. The standard InChI is InChI=1S/C24H20F2O4/c25-21-7-3-1-5-17(21)13-15-29-23(27)19-9-11-20(12-10-19)24(28)30-16-14-18-6-2-4-8-22(18)26/h1-12H,13-16H2. The molecule has 4 nitrogen and oxygen atoms in total. The van der Waals surface area contributed by atoms with Gasteiger partial charge in [0.1, 0.15) is 11.6 Å². The summed E-state index contributed by atoms with van der Waals surface area (Å²) in [7, 11) is 0. The zero-order valence-corrected chi connectivity index (χ0v) is 16.1. The Morgan fingerprint density at radius 1 is 0.600 bits per heavy atom. The van der Waals surface area contributed by atoms with Crippen molar-refractivity contribution in [3.8, 4) is 0 Å². The van der Waals surface area contributed by atoms with Crippen molar-refractivity contribution in [2.75, 3.05) is 13.2 Å². The predicted molar refractivity (Wildman–Crippen MR) is 107 cm³/mol. The average molecular weight is 410 g/mol. The lowest BCUT2D eigenvalue weighted by Gasteiger charge is -2.08. The van der Waals surface area contributed by atoms with Crippen molar-refractivity contribution in [2.45, 2.75) is 12.8 Å². The summed E-state index contributed by atoms with van der Waals surface area (Å²) in [6.45, 7) is 0.0826. The van der Waals surface area contributed by atoms with Crippen molar-refractivity contribution in [1.82, 2.24) is 0 Å². The summed E-state index contributed by atoms with van der Waals surface area (Å²) in [4.78, 5) is 24.2. The lowest BCUT2D eigenvalue weighted by Crippen LogP contribution is -2.11. The molecule has 0 fully saturated rings. The minimum atomic E-state index is -0.564. The summed E-state index contributed by atoms with van der Waals surface area (Å²) in [5.41, 5.74) is 1.48. The summed E-state index contributed by atoms with van der Waals surface area (Å²) in [5, 5.41) is 0. The number of halogens is 2. The van der Waals surface area contributed by atoms with E-state index >= 15 is 0 Å². The summed E-state index contributed by atoms with van der Waals surface area (Å²) < 4.78 is 37.4. The number of carbonyl (C=O) groups is 2. The predicted octanol–water partition coefficient (Wildman–Crippen LogP) is 4.76. The van der Waals surface area contributed by atoms with Crippen LogP contribution in [-0.2, 0) is 22.3 Å². The van der Waals surface area contributed by atoms with Gasteiger partial charge in [0, 0.05) is 12.8 Å². The second-order valence-corrected chi connectivity index (χ2v) is 6.53. The number of benzene rings is 3. The second kappa shape index (κ2) is 10.3. The molecule has 0 spiro atoms. The molecule has 30 heavy (non-hydrogen) atoms. The van der Waals surface area contributed by atoms with Gasteiger partial charge < -0.3 is 9.47 Å². The van der Waals surface area contributed by atoms with Crippen LogP contribution in [0.4, 0.5) is 8.78 Å². The molecular weight excluding hydrogens is 390 g/mol. The first-order valence-electron chi connectivity index (χ1n) is 9.45. The number of hydrogen-bond acceptors (Lipinski definition) is 4. The number of hydrogen-bond donors (Lipinski definition) is 0. The Morgan fingerprint density at radius 3 is 1.33 bits per heavy atom. The van der Waals surface area contributed by atoms with Crippen LogP contribution >= 0.6 is 0 Å².